The predicted octanol–water partition coefficient (Wildman–Crippen LogP) is 1.37. The molecule has 0 aliphatic heterocycles. The fourth-order valence-electron chi connectivity index (χ4n) is 2.04. The minimum absolute atomic E-state index is 0.118. The number of aliphatic hydroxyl groups is 1. The number of carbonyl (C=O) groups is 2. The van der Waals surface area contributed by atoms with E-state index in [2.05, 4.69) is 11.9 Å². The van der Waals surface area contributed by atoms with Gasteiger partial charge in [-0.2, -0.15) is 0 Å². The Morgan fingerprint density at radius 3 is 2.48 bits per heavy atom. The molecule has 0 aliphatic rings. The van der Waals surface area contributed by atoms with E-state index in [9.17, 15) is 14.7 Å². The maximum absolute atomic E-state index is 11.9. The minimum Gasteiger partial charge on any atom is -0.481 e. The van der Waals surface area contributed by atoms with Gasteiger partial charge in [-0.15, -0.1) is 6.58 Å². The molecule has 1 amide bonds. The van der Waals surface area contributed by atoms with Gasteiger partial charge in [0.2, 0.25) is 5.91 Å². The molecule has 0 aromatic heterocycles. The van der Waals surface area contributed by atoms with Crippen molar-refractivity contribution in [3.8, 4) is 0 Å². The SMILES string of the molecule is C=CCC(CC(=O)NC(CO)Cc1ccccc1)C(=O)O. The normalized spacial score (nSPS) is 13.2. The van der Waals surface area contributed by atoms with E-state index in [1.165, 1.54) is 6.08 Å². The van der Waals surface area contributed by atoms with Crippen LogP contribution in [-0.2, 0) is 16.0 Å². The summed E-state index contributed by atoms with van der Waals surface area (Å²) in [6.45, 7) is 3.29. The number of aliphatic carboxylic acids is 1. The average Bonchev–Trinajstić information content (AvgIpc) is 2.47. The van der Waals surface area contributed by atoms with Crippen LogP contribution < -0.4 is 5.32 Å². The van der Waals surface area contributed by atoms with Gasteiger partial charge in [-0.25, -0.2) is 0 Å². The van der Waals surface area contributed by atoms with Crippen molar-refractivity contribution in [1.82, 2.24) is 5.32 Å². The Hall–Kier alpha value is -2.14. The molecular weight excluding hydrogens is 270 g/mol. The Bertz CT molecular complexity index is 472. The topological polar surface area (TPSA) is 86.6 Å². The van der Waals surface area contributed by atoms with Crippen molar-refractivity contribution >= 4 is 11.9 Å². The first-order valence-corrected chi connectivity index (χ1v) is 6.84. The van der Waals surface area contributed by atoms with Crippen molar-refractivity contribution in [3.05, 3.63) is 48.6 Å². The summed E-state index contributed by atoms with van der Waals surface area (Å²) in [5.74, 6) is -2.17. The summed E-state index contributed by atoms with van der Waals surface area (Å²) in [7, 11) is 0. The van der Waals surface area contributed by atoms with E-state index in [4.69, 9.17) is 5.11 Å². The van der Waals surface area contributed by atoms with Crippen molar-refractivity contribution in [2.75, 3.05) is 6.61 Å². The van der Waals surface area contributed by atoms with Crippen LogP contribution in [0.1, 0.15) is 18.4 Å². The number of carboxylic acids is 1. The van der Waals surface area contributed by atoms with Crippen LogP contribution in [0.4, 0.5) is 0 Å². The van der Waals surface area contributed by atoms with Gasteiger partial charge in [0.05, 0.1) is 18.6 Å². The predicted molar refractivity (Wildman–Crippen MR) is 79.7 cm³/mol. The number of rotatable bonds is 9. The van der Waals surface area contributed by atoms with Crippen molar-refractivity contribution in [2.45, 2.75) is 25.3 Å². The standard InChI is InChI=1S/C16H21NO4/c1-2-6-13(16(20)21)10-15(19)17-14(11-18)9-12-7-4-3-5-8-12/h2-5,7-8,13-14,18H,1,6,9-11H2,(H,17,19)(H,20,21). The average molecular weight is 291 g/mol. The fraction of sp³-hybridized carbons (Fsp3) is 0.375. The molecule has 0 aliphatic carbocycles. The van der Waals surface area contributed by atoms with Gasteiger partial charge in [0.25, 0.3) is 0 Å². The fourth-order valence-corrected chi connectivity index (χ4v) is 2.04. The number of carboxylic acid groups (broad SMARTS) is 1. The number of nitrogens with one attached hydrogen (secondary N) is 1. The zero-order valence-corrected chi connectivity index (χ0v) is 11.9. The van der Waals surface area contributed by atoms with E-state index in [0.717, 1.165) is 5.56 Å². The Balaban J connectivity index is 2.54. The van der Waals surface area contributed by atoms with E-state index in [1.54, 1.807) is 0 Å². The lowest BCUT2D eigenvalue weighted by atomic mass is 10.0. The van der Waals surface area contributed by atoms with Gasteiger partial charge in [-0.3, -0.25) is 9.59 Å². The van der Waals surface area contributed by atoms with Crippen LogP contribution in [0.2, 0.25) is 0 Å². The first-order chi connectivity index (χ1) is 10.1. The molecule has 2 unspecified atom stereocenters. The second kappa shape index (κ2) is 8.92. The molecule has 1 rings (SSSR count). The van der Waals surface area contributed by atoms with Crippen molar-refractivity contribution in [2.24, 2.45) is 5.92 Å². The summed E-state index contributed by atoms with van der Waals surface area (Å²) in [5, 5.41) is 21.0. The molecule has 0 radical (unpaired) electrons. The first-order valence-electron chi connectivity index (χ1n) is 6.84. The molecule has 114 valence electrons. The summed E-state index contributed by atoms with van der Waals surface area (Å²) in [6.07, 6.45) is 2.11. The summed E-state index contributed by atoms with van der Waals surface area (Å²) in [6, 6.07) is 9.06. The van der Waals surface area contributed by atoms with E-state index in [1.807, 2.05) is 30.3 Å². The van der Waals surface area contributed by atoms with E-state index >= 15 is 0 Å². The maximum atomic E-state index is 11.9. The largest absolute Gasteiger partial charge is 0.481 e. The van der Waals surface area contributed by atoms with E-state index < -0.39 is 17.9 Å². The van der Waals surface area contributed by atoms with Gasteiger partial charge < -0.3 is 15.5 Å². The zero-order valence-electron chi connectivity index (χ0n) is 11.9. The van der Waals surface area contributed by atoms with Crippen LogP contribution in [0.3, 0.4) is 0 Å². The third-order valence-corrected chi connectivity index (χ3v) is 3.14. The number of carbonyl (C=O) groups excluding carboxylic acids is 1. The summed E-state index contributed by atoms with van der Waals surface area (Å²) in [4.78, 5) is 22.9. The number of amides is 1. The molecule has 0 saturated heterocycles. The lowest BCUT2D eigenvalue weighted by Gasteiger charge is -2.18. The highest BCUT2D eigenvalue weighted by atomic mass is 16.4. The monoisotopic (exact) mass is 291 g/mol. The summed E-state index contributed by atoms with van der Waals surface area (Å²) in [5.41, 5.74) is 0.998. The number of benzene rings is 1. The van der Waals surface area contributed by atoms with E-state index in [-0.39, 0.29) is 25.4 Å². The highest BCUT2D eigenvalue weighted by Crippen LogP contribution is 2.10. The van der Waals surface area contributed by atoms with E-state index in [0.29, 0.717) is 6.42 Å². The number of hydrogen-bond acceptors (Lipinski definition) is 3. The number of aliphatic hydroxyl groups excluding tert-OH is 1. The number of hydrogen-bond donors (Lipinski definition) is 3. The van der Waals surface area contributed by atoms with Crippen molar-refractivity contribution in [3.63, 3.8) is 0 Å². The molecule has 0 saturated carbocycles. The number of allylic oxidation sites excluding steroid dienone is 1. The Kier molecular flexibility index (Phi) is 7.18. The summed E-state index contributed by atoms with van der Waals surface area (Å²) >= 11 is 0. The highest BCUT2D eigenvalue weighted by molar-refractivity contribution is 5.82. The smallest absolute Gasteiger partial charge is 0.307 e. The first kappa shape index (κ1) is 16.9. The molecule has 1 aromatic rings. The second-order valence-corrected chi connectivity index (χ2v) is 4.90. The van der Waals surface area contributed by atoms with Crippen molar-refractivity contribution in [1.29, 1.82) is 0 Å². The van der Waals surface area contributed by atoms with Crippen LogP contribution in [-0.4, -0.2) is 34.7 Å². The van der Waals surface area contributed by atoms with Crippen LogP contribution in [0.15, 0.2) is 43.0 Å². The molecule has 0 fully saturated rings. The van der Waals surface area contributed by atoms with Crippen molar-refractivity contribution < 1.29 is 19.8 Å². The second-order valence-electron chi connectivity index (χ2n) is 4.90. The summed E-state index contributed by atoms with van der Waals surface area (Å²) < 4.78 is 0. The lowest BCUT2D eigenvalue weighted by Crippen LogP contribution is -2.40. The van der Waals surface area contributed by atoms with Gasteiger partial charge in [0.1, 0.15) is 0 Å². The van der Waals surface area contributed by atoms with Crippen LogP contribution in [0, 0.1) is 5.92 Å². The molecule has 2 atom stereocenters. The molecule has 5 nitrogen and oxygen atoms in total. The molecule has 5 heteroatoms. The quantitative estimate of drug-likeness (QED) is 0.600. The Morgan fingerprint density at radius 1 is 1.29 bits per heavy atom. The molecule has 21 heavy (non-hydrogen) atoms. The molecule has 0 heterocycles. The van der Waals surface area contributed by atoms with Gasteiger partial charge in [0, 0.05) is 6.42 Å². The molecular formula is C16H21NO4. The maximum Gasteiger partial charge on any atom is 0.307 e. The molecule has 1 aromatic carbocycles. The van der Waals surface area contributed by atoms with Crippen LogP contribution in [0.25, 0.3) is 0 Å². The van der Waals surface area contributed by atoms with Gasteiger partial charge in [0.15, 0.2) is 0 Å². The molecule has 3 N–H and O–H groups in total. The lowest BCUT2D eigenvalue weighted by molar-refractivity contribution is -0.144. The zero-order chi connectivity index (χ0) is 15.7. The Morgan fingerprint density at radius 2 is 1.95 bits per heavy atom. The highest BCUT2D eigenvalue weighted by Gasteiger charge is 2.21. The van der Waals surface area contributed by atoms with Gasteiger partial charge in [-0.05, 0) is 18.4 Å². The minimum atomic E-state index is -1.02. The van der Waals surface area contributed by atoms with Gasteiger partial charge in [-0.1, -0.05) is 36.4 Å². The third kappa shape index (κ3) is 6.23. The Labute approximate surface area is 124 Å². The van der Waals surface area contributed by atoms with Crippen LogP contribution >= 0.6 is 0 Å². The molecule has 0 spiro atoms. The third-order valence-electron chi connectivity index (χ3n) is 3.14. The molecule has 0 bridgehead atoms. The van der Waals surface area contributed by atoms with Crippen LogP contribution in [0.5, 0.6) is 0 Å². The van der Waals surface area contributed by atoms with Gasteiger partial charge >= 0.3 is 5.97 Å².